The van der Waals surface area contributed by atoms with E-state index in [-0.39, 0.29) is 19.0 Å². The molecule has 0 bridgehead atoms. The molecule has 1 saturated heterocycles. The molecule has 1 aliphatic heterocycles. The normalized spacial score (nSPS) is 16.0. The Morgan fingerprint density at radius 2 is 1.90 bits per heavy atom. The fraction of sp³-hybridized carbons (Fsp3) is 0.533. The van der Waals surface area contributed by atoms with E-state index in [0.29, 0.717) is 5.56 Å². The first-order valence-corrected chi connectivity index (χ1v) is 7.11. The SMILES string of the molecule is O=C(CNCc1cccc(C(F)(F)F)c1)N1CCCCC1. The van der Waals surface area contributed by atoms with E-state index in [0.717, 1.165) is 44.5 Å². The van der Waals surface area contributed by atoms with E-state index >= 15 is 0 Å². The third-order valence-electron chi connectivity index (χ3n) is 3.57. The first-order valence-electron chi connectivity index (χ1n) is 7.11. The van der Waals surface area contributed by atoms with Crippen LogP contribution in [0.25, 0.3) is 0 Å². The number of hydrogen-bond donors (Lipinski definition) is 1. The van der Waals surface area contributed by atoms with Crippen molar-refractivity contribution in [3.05, 3.63) is 35.4 Å². The molecule has 1 aromatic carbocycles. The topological polar surface area (TPSA) is 32.3 Å². The van der Waals surface area contributed by atoms with Crippen LogP contribution in [0.1, 0.15) is 30.4 Å². The average Bonchev–Trinajstić information content (AvgIpc) is 2.47. The highest BCUT2D eigenvalue weighted by molar-refractivity contribution is 5.78. The van der Waals surface area contributed by atoms with E-state index in [1.165, 1.54) is 6.07 Å². The number of piperidine rings is 1. The van der Waals surface area contributed by atoms with Crippen LogP contribution in [0.3, 0.4) is 0 Å². The third-order valence-corrected chi connectivity index (χ3v) is 3.57. The van der Waals surface area contributed by atoms with Gasteiger partial charge in [0.2, 0.25) is 5.91 Å². The van der Waals surface area contributed by atoms with E-state index < -0.39 is 11.7 Å². The molecule has 0 radical (unpaired) electrons. The number of nitrogens with one attached hydrogen (secondary N) is 1. The van der Waals surface area contributed by atoms with Crippen LogP contribution in [0.15, 0.2) is 24.3 Å². The van der Waals surface area contributed by atoms with E-state index in [1.54, 1.807) is 6.07 Å². The molecule has 0 unspecified atom stereocenters. The van der Waals surface area contributed by atoms with Crippen molar-refractivity contribution in [1.29, 1.82) is 0 Å². The highest BCUT2D eigenvalue weighted by Gasteiger charge is 2.30. The van der Waals surface area contributed by atoms with Crippen molar-refractivity contribution >= 4 is 5.91 Å². The molecular formula is C15H19F3N2O. The molecule has 0 saturated carbocycles. The Morgan fingerprint density at radius 1 is 1.19 bits per heavy atom. The molecule has 1 N–H and O–H groups in total. The first kappa shape index (κ1) is 15.8. The van der Waals surface area contributed by atoms with E-state index in [2.05, 4.69) is 5.32 Å². The molecule has 2 rings (SSSR count). The molecule has 1 heterocycles. The first-order chi connectivity index (χ1) is 9.97. The van der Waals surface area contributed by atoms with Gasteiger partial charge in [-0.25, -0.2) is 0 Å². The van der Waals surface area contributed by atoms with E-state index in [4.69, 9.17) is 0 Å². The van der Waals surface area contributed by atoms with E-state index in [9.17, 15) is 18.0 Å². The predicted molar refractivity (Wildman–Crippen MR) is 73.6 cm³/mol. The van der Waals surface area contributed by atoms with Gasteiger partial charge in [-0.1, -0.05) is 18.2 Å². The Morgan fingerprint density at radius 3 is 2.57 bits per heavy atom. The molecule has 1 aromatic rings. The fourth-order valence-electron chi connectivity index (χ4n) is 2.43. The number of nitrogens with zero attached hydrogens (tertiary/aromatic N) is 1. The van der Waals surface area contributed by atoms with Crippen LogP contribution in [0.2, 0.25) is 0 Å². The van der Waals surface area contributed by atoms with Crippen molar-refractivity contribution in [2.45, 2.75) is 32.0 Å². The smallest absolute Gasteiger partial charge is 0.342 e. The quantitative estimate of drug-likeness (QED) is 0.927. The zero-order chi connectivity index (χ0) is 15.3. The van der Waals surface area contributed by atoms with Gasteiger partial charge in [0, 0.05) is 19.6 Å². The van der Waals surface area contributed by atoms with Crippen LogP contribution in [0.4, 0.5) is 13.2 Å². The van der Waals surface area contributed by atoms with Gasteiger partial charge in [0.15, 0.2) is 0 Å². The fourth-order valence-corrected chi connectivity index (χ4v) is 2.43. The maximum Gasteiger partial charge on any atom is 0.416 e. The number of rotatable bonds is 4. The number of carbonyl (C=O) groups excluding carboxylic acids is 1. The molecule has 116 valence electrons. The second kappa shape index (κ2) is 6.93. The minimum Gasteiger partial charge on any atom is -0.342 e. The third kappa shape index (κ3) is 4.74. The number of halogens is 3. The van der Waals surface area contributed by atoms with Crippen molar-refractivity contribution in [2.24, 2.45) is 0 Å². The number of carbonyl (C=O) groups is 1. The van der Waals surface area contributed by atoms with Crippen LogP contribution in [0.5, 0.6) is 0 Å². The second-order valence-electron chi connectivity index (χ2n) is 5.24. The summed E-state index contributed by atoms with van der Waals surface area (Å²) in [4.78, 5) is 13.7. The Balaban J connectivity index is 1.82. The van der Waals surface area contributed by atoms with Crippen molar-refractivity contribution in [1.82, 2.24) is 10.2 Å². The lowest BCUT2D eigenvalue weighted by Gasteiger charge is -2.26. The summed E-state index contributed by atoms with van der Waals surface area (Å²) in [7, 11) is 0. The molecule has 1 fully saturated rings. The molecule has 0 aliphatic carbocycles. The highest BCUT2D eigenvalue weighted by atomic mass is 19.4. The minimum absolute atomic E-state index is 0.0154. The van der Waals surface area contributed by atoms with Crippen LogP contribution in [0, 0.1) is 0 Å². The molecule has 6 heteroatoms. The maximum absolute atomic E-state index is 12.6. The number of amides is 1. The molecule has 21 heavy (non-hydrogen) atoms. The highest BCUT2D eigenvalue weighted by Crippen LogP contribution is 2.29. The number of benzene rings is 1. The van der Waals surface area contributed by atoms with E-state index in [1.807, 2.05) is 4.90 Å². The predicted octanol–water partition coefficient (Wildman–Crippen LogP) is 2.81. The molecule has 0 aromatic heterocycles. The summed E-state index contributed by atoms with van der Waals surface area (Å²) >= 11 is 0. The largest absolute Gasteiger partial charge is 0.416 e. The number of alkyl halides is 3. The van der Waals surface area contributed by atoms with Gasteiger partial charge < -0.3 is 10.2 Å². The molecular weight excluding hydrogens is 281 g/mol. The van der Waals surface area contributed by atoms with Gasteiger partial charge in [0.1, 0.15) is 0 Å². The van der Waals surface area contributed by atoms with Crippen LogP contribution < -0.4 is 5.32 Å². The molecule has 3 nitrogen and oxygen atoms in total. The van der Waals surface area contributed by atoms with Gasteiger partial charge in [-0.05, 0) is 30.9 Å². The average molecular weight is 300 g/mol. The standard InChI is InChI=1S/C15H19F3N2O/c16-15(17,18)13-6-4-5-12(9-13)10-19-11-14(21)20-7-2-1-3-8-20/h4-6,9,19H,1-3,7-8,10-11H2. The van der Waals surface area contributed by atoms with Gasteiger partial charge in [-0.2, -0.15) is 13.2 Å². The lowest BCUT2D eigenvalue weighted by atomic mass is 10.1. The molecule has 1 aliphatic rings. The monoisotopic (exact) mass is 300 g/mol. The molecule has 0 spiro atoms. The molecule has 1 amide bonds. The number of likely N-dealkylation sites (tertiary alicyclic amines) is 1. The van der Waals surface area contributed by atoms with Crippen LogP contribution in [-0.2, 0) is 17.5 Å². The minimum atomic E-state index is -4.33. The molecule has 0 atom stereocenters. The van der Waals surface area contributed by atoms with Crippen molar-refractivity contribution in [3.8, 4) is 0 Å². The van der Waals surface area contributed by atoms with Crippen molar-refractivity contribution in [2.75, 3.05) is 19.6 Å². The van der Waals surface area contributed by atoms with Crippen LogP contribution >= 0.6 is 0 Å². The Hall–Kier alpha value is -1.56. The zero-order valence-corrected chi connectivity index (χ0v) is 11.7. The lowest BCUT2D eigenvalue weighted by Crippen LogP contribution is -2.40. The van der Waals surface area contributed by atoms with Crippen LogP contribution in [-0.4, -0.2) is 30.4 Å². The number of hydrogen-bond acceptors (Lipinski definition) is 2. The summed E-state index contributed by atoms with van der Waals surface area (Å²) < 4.78 is 37.7. The summed E-state index contributed by atoms with van der Waals surface area (Å²) in [5, 5.41) is 2.92. The summed E-state index contributed by atoms with van der Waals surface area (Å²) in [6.45, 7) is 1.98. The van der Waals surface area contributed by atoms with Crippen molar-refractivity contribution in [3.63, 3.8) is 0 Å². The van der Waals surface area contributed by atoms with Gasteiger partial charge in [0.05, 0.1) is 12.1 Å². The Bertz CT molecular complexity index is 482. The summed E-state index contributed by atoms with van der Waals surface area (Å²) in [6.07, 6.45) is -1.13. The maximum atomic E-state index is 12.6. The van der Waals surface area contributed by atoms with Gasteiger partial charge in [0.25, 0.3) is 0 Å². The Labute approximate surface area is 122 Å². The van der Waals surface area contributed by atoms with Gasteiger partial charge >= 0.3 is 6.18 Å². The van der Waals surface area contributed by atoms with Gasteiger partial charge in [-0.3, -0.25) is 4.79 Å². The Kier molecular flexibility index (Phi) is 5.22. The zero-order valence-electron chi connectivity index (χ0n) is 11.7. The second-order valence-corrected chi connectivity index (χ2v) is 5.24. The summed E-state index contributed by atoms with van der Waals surface area (Å²) in [5.41, 5.74) is -0.138. The summed E-state index contributed by atoms with van der Waals surface area (Å²) in [5.74, 6) is 0.0154. The van der Waals surface area contributed by atoms with Crippen molar-refractivity contribution < 1.29 is 18.0 Å². The lowest BCUT2D eigenvalue weighted by molar-refractivity contribution is -0.137. The summed E-state index contributed by atoms with van der Waals surface area (Å²) in [6, 6.07) is 5.15. The van der Waals surface area contributed by atoms with Gasteiger partial charge in [-0.15, -0.1) is 0 Å².